The van der Waals surface area contributed by atoms with Crippen LogP contribution in [0.25, 0.3) is 11.2 Å². The number of carboxylic acids is 1. The van der Waals surface area contributed by atoms with Gasteiger partial charge in [-0.25, -0.2) is 14.8 Å². The lowest BCUT2D eigenvalue weighted by Gasteiger charge is -2.08. The van der Waals surface area contributed by atoms with E-state index in [1.165, 1.54) is 6.07 Å². The summed E-state index contributed by atoms with van der Waals surface area (Å²) in [6.07, 6.45) is 2.63. The standard InChI is InChI=1S/C17H19N3O3/c1-10(2)6-15-19-13-7-11(3)8-18-16(13)20(15)9-12-4-5-14(23-12)17(21)22/h4-5,7-8,10H,6,9H2,1-3H3,(H,21,22). The summed E-state index contributed by atoms with van der Waals surface area (Å²) in [7, 11) is 0. The maximum absolute atomic E-state index is 11.0. The van der Waals surface area contributed by atoms with Crippen LogP contribution in [0.4, 0.5) is 0 Å². The van der Waals surface area contributed by atoms with Gasteiger partial charge in [-0.3, -0.25) is 0 Å². The normalized spacial score (nSPS) is 11.5. The predicted molar refractivity (Wildman–Crippen MR) is 85.6 cm³/mol. The molecule has 0 saturated heterocycles. The Labute approximate surface area is 133 Å². The first kappa shape index (κ1) is 15.3. The third kappa shape index (κ3) is 3.11. The van der Waals surface area contributed by atoms with E-state index in [0.717, 1.165) is 29.0 Å². The van der Waals surface area contributed by atoms with Gasteiger partial charge in [0.2, 0.25) is 5.76 Å². The van der Waals surface area contributed by atoms with Crippen molar-refractivity contribution in [1.29, 1.82) is 0 Å². The lowest BCUT2D eigenvalue weighted by atomic mass is 10.1. The molecule has 0 aromatic carbocycles. The van der Waals surface area contributed by atoms with Crippen molar-refractivity contribution in [2.75, 3.05) is 0 Å². The number of aromatic carboxylic acids is 1. The number of imidazole rings is 1. The first-order valence-corrected chi connectivity index (χ1v) is 7.58. The van der Waals surface area contributed by atoms with Gasteiger partial charge in [0.15, 0.2) is 5.65 Å². The first-order valence-electron chi connectivity index (χ1n) is 7.58. The molecule has 0 spiro atoms. The molecule has 0 fully saturated rings. The van der Waals surface area contributed by atoms with Crippen LogP contribution in [-0.4, -0.2) is 25.6 Å². The highest BCUT2D eigenvalue weighted by atomic mass is 16.4. The molecule has 0 unspecified atom stereocenters. The Bertz CT molecular complexity index is 861. The van der Waals surface area contributed by atoms with Gasteiger partial charge >= 0.3 is 5.97 Å². The second-order valence-electron chi connectivity index (χ2n) is 6.14. The SMILES string of the molecule is Cc1cnc2c(c1)nc(CC(C)C)n2Cc1ccc(C(=O)O)o1. The number of pyridine rings is 1. The van der Waals surface area contributed by atoms with Crippen LogP contribution in [-0.2, 0) is 13.0 Å². The lowest BCUT2D eigenvalue weighted by molar-refractivity contribution is 0.0660. The quantitative estimate of drug-likeness (QED) is 0.781. The molecule has 3 aromatic heterocycles. The van der Waals surface area contributed by atoms with Gasteiger partial charge in [-0.2, -0.15) is 0 Å². The van der Waals surface area contributed by atoms with E-state index in [2.05, 4.69) is 18.8 Å². The minimum absolute atomic E-state index is 0.0568. The fourth-order valence-electron chi connectivity index (χ4n) is 2.58. The molecule has 23 heavy (non-hydrogen) atoms. The average molecular weight is 313 g/mol. The van der Waals surface area contributed by atoms with Gasteiger partial charge in [0.05, 0.1) is 6.54 Å². The van der Waals surface area contributed by atoms with E-state index in [9.17, 15) is 4.79 Å². The summed E-state index contributed by atoms with van der Waals surface area (Å²) >= 11 is 0. The maximum atomic E-state index is 11.0. The molecule has 3 heterocycles. The number of carboxylic acid groups (broad SMARTS) is 1. The van der Waals surface area contributed by atoms with Crippen LogP contribution in [0.3, 0.4) is 0 Å². The third-order valence-electron chi connectivity index (χ3n) is 3.58. The highest BCUT2D eigenvalue weighted by molar-refractivity contribution is 5.84. The third-order valence-corrected chi connectivity index (χ3v) is 3.58. The Kier molecular flexibility index (Phi) is 3.90. The fourth-order valence-corrected chi connectivity index (χ4v) is 2.58. The van der Waals surface area contributed by atoms with Crippen molar-refractivity contribution in [2.24, 2.45) is 5.92 Å². The number of aryl methyl sites for hydroxylation is 1. The topological polar surface area (TPSA) is 81.2 Å². The Morgan fingerprint density at radius 2 is 2.17 bits per heavy atom. The number of rotatable bonds is 5. The highest BCUT2D eigenvalue weighted by Gasteiger charge is 2.16. The molecule has 0 amide bonds. The Morgan fingerprint density at radius 1 is 1.39 bits per heavy atom. The van der Waals surface area contributed by atoms with Crippen LogP contribution in [0, 0.1) is 12.8 Å². The summed E-state index contributed by atoms with van der Waals surface area (Å²) in [4.78, 5) is 20.1. The molecule has 0 saturated carbocycles. The Balaban J connectivity index is 2.04. The molecular weight excluding hydrogens is 294 g/mol. The molecule has 0 aliphatic rings. The molecule has 0 aliphatic heterocycles. The van der Waals surface area contributed by atoms with Crippen molar-refractivity contribution in [2.45, 2.75) is 33.7 Å². The molecule has 0 aliphatic carbocycles. The monoisotopic (exact) mass is 313 g/mol. The van der Waals surface area contributed by atoms with Crippen LogP contribution in [0.5, 0.6) is 0 Å². The molecule has 0 bridgehead atoms. The van der Waals surface area contributed by atoms with Gasteiger partial charge < -0.3 is 14.1 Å². The summed E-state index contributed by atoms with van der Waals surface area (Å²) in [6.45, 7) is 6.68. The summed E-state index contributed by atoms with van der Waals surface area (Å²) in [5, 5.41) is 8.97. The first-order chi connectivity index (χ1) is 10.9. The largest absolute Gasteiger partial charge is 0.475 e. The molecule has 1 N–H and O–H groups in total. The number of aromatic nitrogens is 3. The van der Waals surface area contributed by atoms with Crippen molar-refractivity contribution in [3.63, 3.8) is 0 Å². The summed E-state index contributed by atoms with van der Waals surface area (Å²) in [5.41, 5.74) is 2.70. The second-order valence-corrected chi connectivity index (χ2v) is 6.14. The van der Waals surface area contributed by atoms with Gasteiger partial charge in [0.25, 0.3) is 0 Å². The summed E-state index contributed by atoms with van der Waals surface area (Å²) in [6, 6.07) is 5.16. The van der Waals surface area contributed by atoms with E-state index in [-0.39, 0.29) is 5.76 Å². The van der Waals surface area contributed by atoms with Crippen LogP contribution in [0.2, 0.25) is 0 Å². The second kappa shape index (κ2) is 5.87. The van der Waals surface area contributed by atoms with E-state index in [1.54, 1.807) is 6.07 Å². The van der Waals surface area contributed by atoms with Gasteiger partial charge in [-0.05, 0) is 36.6 Å². The summed E-state index contributed by atoms with van der Waals surface area (Å²) < 4.78 is 7.37. The van der Waals surface area contributed by atoms with Gasteiger partial charge in [0.1, 0.15) is 17.1 Å². The molecule has 0 atom stereocenters. The highest BCUT2D eigenvalue weighted by Crippen LogP contribution is 2.20. The Morgan fingerprint density at radius 3 is 2.83 bits per heavy atom. The zero-order chi connectivity index (χ0) is 16.6. The minimum atomic E-state index is -1.07. The fraction of sp³-hybridized carbons (Fsp3) is 0.353. The maximum Gasteiger partial charge on any atom is 0.371 e. The molecule has 6 heteroatoms. The molecule has 3 aromatic rings. The van der Waals surface area contributed by atoms with E-state index < -0.39 is 5.97 Å². The van der Waals surface area contributed by atoms with Crippen molar-refractivity contribution in [1.82, 2.24) is 14.5 Å². The van der Waals surface area contributed by atoms with E-state index in [4.69, 9.17) is 14.5 Å². The zero-order valence-electron chi connectivity index (χ0n) is 13.4. The molecular formula is C17H19N3O3. The van der Waals surface area contributed by atoms with Crippen molar-refractivity contribution >= 4 is 17.1 Å². The molecule has 120 valence electrons. The lowest BCUT2D eigenvalue weighted by Crippen LogP contribution is -2.08. The van der Waals surface area contributed by atoms with Crippen molar-refractivity contribution < 1.29 is 14.3 Å². The van der Waals surface area contributed by atoms with Crippen LogP contribution in [0.1, 0.15) is 41.6 Å². The van der Waals surface area contributed by atoms with Crippen molar-refractivity contribution in [3.05, 3.63) is 47.3 Å². The zero-order valence-corrected chi connectivity index (χ0v) is 13.4. The number of hydrogen-bond acceptors (Lipinski definition) is 4. The van der Waals surface area contributed by atoms with Crippen LogP contribution >= 0.6 is 0 Å². The van der Waals surface area contributed by atoms with Crippen molar-refractivity contribution in [3.8, 4) is 0 Å². The average Bonchev–Trinajstić information content (AvgIpc) is 3.04. The Hall–Kier alpha value is -2.63. The number of fused-ring (bicyclic) bond motifs is 1. The molecule has 0 radical (unpaired) electrons. The van der Waals surface area contributed by atoms with Gasteiger partial charge in [-0.1, -0.05) is 13.8 Å². The summed E-state index contributed by atoms with van der Waals surface area (Å²) in [5.74, 6) is 0.842. The number of nitrogens with zero attached hydrogens (tertiary/aromatic N) is 3. The number of hydrogen-bond donors (Lipinski definition) is 1. The minimum Gasteiger partial charge on any atom is -0.475 e. The van der Waals surface area contributed by atoms with E-state index in [0.29, 0.717) is 18.2 Å². The van der Waals surface area contributed by atoms with Crippen LogP contribution in [0.15, 0.2) is 28.8 Å². The van der Waals surface area contributed by atoms with Gasteiger partial charge in [-0.15, -0.1) is 0 Å². The smallest absolute Gasteiger partial charge is 0.371 e. The van der Waals surface area contributed by atoms with Crippen LogP contribution < -0.4 is 0 Å². The van der Waals surface area contributed by atoms with Gasteiger partial charge in [0, 0.05) is 12.6 Å². The van der Waals surface area contributed by atoms with E-state index >= 15 is 0 Å². The molecule has 6 nitrogen and oxygen atoms in total. The van der Waals surface area contributed by atoms with E-state index in [1.807, 2.05) is 23.8 Å². The number of furan rings is 1. The number of carbonyl (C=O) groups is 1. The predicted octanol–water partition coefficient (Wildman–Crippen LogP) is 3.28. The molecule has 3 rings (SSSR count).